The van der Waals surface area contributed by atoms with Gasteiger partial charge in [-0.3, -0.25) is 10.3 Å². The minimum atomic E-state index is 0.641. The molecule has 0 amide bonds. The molecule has 0 saturated heterocycles. The summed E-state index contributed by atoms with van der Waals surface area (Å²) in [5, 5.41) is 6.19. The Bertz CT molecular complexity index is 163. The standard InChI is InChI=1S/C9H20N4/c1-4-9(2)13-8-12-7-11-6-5-10-3/h8,10-11H,4-7H2,1-3H3/b12-8-,13-9-. The first-order valence-corrected chi connectivity index (χ1v) is 4.68. The van der Waals surface area contributed by atoms with Gasteiger partial charge in [0.05, 0.1) is 6.67 Å². The Hall–Kier alpha value is -0.740. The molecule has 0 aromatic carbocycles. The average molecular weight is 184 g/mol. The number of rotatable bonds is 7. The molecule has 0 aliphatic heterocycles. The van der Waals surface area contributed by atoms with Crippen LogP contribution in [0.4, 0.5) is 0 Å². The Morgan fingerprint density at radius 3 is 2.77 bits per heavy atom. The molecule has 0 heterocycles. The Kier molecular flexibility index (Phi) is 8.82. The smallest absolute Gasteiger partial charge is 0.111 e. The van der Waals surface area contributed by atoms with E-state index in [1.165, 1.54) is 0 Å². The molecule has 2 N–H and O–H groups in total. The van der Waals surface area contributed by atoms with Crippen LogP contribution in [-0.4, -0.2) is 38.9 Å². The molecule has 0 rings (SSSR count). The zero-order valence-corrected chi connectivity index (χ0v) is 8.80. The van der Waals surface area contributed by atoms with Crippen molar-refractivity contribution < 1.29 is 0 Å². The number of nitrogens with zero attached hydrogens (tertiary/aromatic N) is 2. The number of nitrogens with one attached hydrogen (secondary N) is 2. The maximum Gasteiger partial charge on any atom is 0.111 e. The highest BCUT2D eigenvalue weighted by Gasteiger charge is 1.82. The molecule has 0 radical (unpaired) electrons. The quantitative estimate of drug-likeness (QED) is 0.347. The third kappa shape index (κ3) is 9.17. The van der Waals surface area contributed by atoms with E-state index in [-0.39, 0.29) is 0 Å². The van der Waals surface area contributed by atoms with E-state index in [4.69, 9.17) is 0 Å². The van der Waals surface area contributed by atoms with Crippen LogP contribution in [0.3, 0.4) is 0 Å². The van der Waals surface area contributed by atoms with Crippen LogP contribution in [0.5, 0.6) is 0 Å². The first kappa shape index (κ1) is 12.3. The largest absolute Gasteiger partial charge is 0.318 e. The zero-order valence-electron chi connectivity index (χ0n) is 8.80. The summed E-state index contributed by atoms with van der Waals surface area (Å²) in [5.74, 6) is 0. The van der Waals surface area contributed by atoms with Crippen LogP contribution in [0.25, 0.3) is 0 Å². The predicted octanol–water partition coefficient (Wildman–Crippen LogP) is 0.652. The first-order valence-electron chi connectivity index (χ1n) is 4.68. The van der Waals surface area contributed by atoms with Gasteiger partial charge in [-0.05, 0) is 20.4 Å². The summed E-state index contributed by atoms with van der Waals surface area (Å²) in [6.45, 7) is 6.62. The highest BCUT2D eigenvalue weighted by molar-refractivity contribution is 5.88. The molecule has 4 heteroatoms. The topological polar surface area (TPSA) is 48.8 Å². The monoisotopic (exact) mass is 184 g/mol. The molecule has 0 aliphatic rings. The van der Waals surface area contributed by atoms with Crippen LogP contribution < -0.4 is 10.6 Å². The SMILES string of the molecule is CC/C(C)=N\C=N/CNCCNC. The van der Waals surface area contributed by atoms with E-state index in [0.717, 1.165) is 25.2 Å². The first-order chi connectivity index (χ1) is 6.31. The van der Waals surface area contributed by atoms with E-state index < -0.39 is 0 Å². The van der Waals surface area contributed by atoms with Crippen LogP contribution >= 0.6 is 0 Å². The molecule has 0 aromatic heterocycles. The lowest BCUT2D eigenvalue weighted by molar-refractivity contribution is 0.663. The van der Waals surface area contributed by atoms with Crippen LogP contribution in [-0.2, 0) is 0 Å². The van der Waals surface area contributed by atoms with Gasteiger partial charge in [0, 0.05) is 18.8 Å². The van der Waals surface area contributed by atoms with E-state index in [9.17, 15) is 0 Å². The summed E-state index contributed by atoms with van der Waals surface area (Å²) < 4.78 is 0. The minimum Gasteiger partial charge on any atom is -0.318 e. The lowest BCUT2D eigenvalue weighted by atomic mass is 10.3. The lowest BCUT2D eigenvalue weighted by Gasteiger charge is -1.98. The molecular weight excluding hydrogens is 164 g/mol. The van der Waals surface area contributed by atoms with E-state index >= 15 is 0 Å². The van der Waals surface area contributed by atoms with Crippen molar-refractivity contribution in [2.75, 3.05) is 26.8 Å². The van der Waals surface area contributed by atoms with Crippen molar-refractivity contribution in [1.82, 2.24) is 10.6 Å². The predicted molar refractivity (Wildman–Crippen MR) is 58.7 cm³/mol. The molecule has 0 saturated carbocycles. The van der Waals surface area contributed by atoms with Crippen molar-refractivity contribution >= 4 is 12.1 Å². The maximum absolute atomic E-state index is 4.13. The van der Waals surface area contributed by atoms with Gasteiger partial charge in [-0.15, -0.1) is 0 Å². The number of hydrogen-bond donors (Lipinski definition) is 2. The summed E-state index contributed by atoms with van der Waals surface area (Å²) >= 11 is 0. The van der Waals surface area contributed by atoms with Crippen molar-refractivity contribution in [2.24, 2.45) is 9.98 Å². The van der Waals surface area contributed by atoms with Crippen LogP contribution in [0.15, 0.2) is 9.98 Å². The molecule has 0 bridgehead atoms. The van der Waals surface area contributed by atoms with Gasteiger partial charge in [0.2, 0.25) is 0 Å². The fraction of sp³-hybridized carbons (Fsp3) is 0.778. The average Bonchev–Trinajstić information content (AvgIpc) is 2.16. The molecular formula is C9H20N4. The van der Waals surface area contributed by atoms with Gasteiger partial charge in [-0.2, -0.15) is 0 Å². The Labute approximate surface area is 80.5 Å². The molecule has 13 heavy (non-hydrogen) atoms. The second-order valence-corrected chi connectivity index (χ2v) is 2.78. The van der Waals surface area contributed by atoms with Crippen molar-refractivity contribution in [2.45, 2.75) is 20.3 Å². The Morgan fingerprint density at radius 2 is 2.15 bits per heavy atom. The number of likely N-dealkylation sites (N-methyl/N-ethyl adjacent to an activating group) is 1. The molecule has 0 atom stereocenters. The van der Waals surface area contributed by atoms with Crippen molar-refractivity contribution in [3.05, 3.63) is 0 Å². The van der Waals surface area contributed by atoms with Gasteiger partial charge < -0.3 is 5.32 Å². The van der Waals surface area contributed by atoms with Crippen LogP contribution in [0.1, 0.15) is 20.3 Å². The van der Waals surface area contributed by atoms with Crippen molar-refractivity contribution in [3.8, 4) is 0 Å². The van der Waals surface area contributed by atoms with Crippen LogP contribution in [0, 0.1) is 0 Å². The number of aliphatic imine (C=N–C) groups is 2. The van der Waals surface area contributed by atoms with E-state index in [1.54, 1.807) is 6.34 Å². The third-order valence-corrected chi connectivity index (χ3v) is 1.63. The lowest BCUT2D eigenvalue weighted by Crippen LogP contribution is -2.24. The molecule has 76 valence electrons. The normalized spacial score (nSPS) is 12.7. The second-order valence-electron chi connectivity index (χ2n) is 2.78. The molecule has 0 aromatic rings. The molecule has 0 aliphatic carbocycles. The fourth-order valence-corrected chi connectivity index (χ4v) is 0.628. The van der Waals surface area contributed by atoms with E-state index in [2.05, 4.69) is 27.5 Å². The van der Waals surface area contributed by atoms with Gasteiger partial charge >= 0.3 is 0 Å². The summed E-state index contributed by atoms with van der Waals surface area (Å²) in [5.41, 5.74) is 1.11. The highest BCUT2D eigenvalue weighted by atomic mass is 15.0. The molecule has 0 unspecified atom stereocenters. The van der Waals surface area contributed by atoms with Gasteiger partial charge in [0.15, 0.2) is 0 Å². The maximum atomic E-state index is 4.13. The van der Waals surface area contributed by atoms with Crippen molar-refractivity contribution in [3.63, 3.8) is 0 Å². The zero-order chi connectivity index (χ0) is 9.94. The Morgan fingerprint density at radius 1 is 1.38 bits per heavy atom. The summed E-state index contributed by atoms with van der Waals surface area (Å²) in [7, 11) is 1.93. The van der Waals surface area contributed by atoms with Crippen LogP contribution in [0.2, 0.25) is 0 Å². The van der Waals surface area contributed by atoms with Gasteiger partial charge in [0.1, 0.15) is 6.34 Å². The summed E-state index contributed by atoms with van der Waals surface area (Å²) in [4.78, 5) is 8.21. The second kappa shape index (κ2) is 9.35. The third-order valence-electron chi connectivity index (χ3n) is 1.63. The van der Waals surface area contributed by atoms with Gasteiger partial charge in [-0.1, -0.05) is 6.92 Å². The van der Waals surface area contributed by atoms with E-state index in [1.807, 2.05) is 14.0 Å². The molecule has 0 fully saturated rings. The van der Waals surface area contributed by atoms with Gasteiger partial charge in [-0.25, -0.2) is 4.99 Å². The minimum absolute atomic E-state index is 0.641. The molecule has 4 nitrogen and oxygen atoms in total. The van der Waals surface area contributed by atoms with E-state index in [0.29, 0.717) is 6.67 Å². The Balaban J connectivity index is 3.31. The molecule has 0 spiro atoms. The van der Waals surface area contributed by atoms with Gasteiger partial charge in [0.25, 0.3) is 0 Å². The summed E-state index contributed by atoms with van der Waals surface area (Å²) in [6, 6.07) is 0. The fourth-order valence-electron chi connectivity index (χ4n) is 0.628. The summed E-state index contributed by atoms with van der Waals surface area (Å²) in [6.07, 6.45) is 2.60. The number of hydrogen-bond acceptors (Lipinski definition) is 3. The highest BCUT2D eigenvalue weighted by Crippen LogP contribution is 1.80. The van der Waals surface area contributed by atoms with Crippen molar-refractivity contribution in [1.29, 1.82) is 0 Å².